The first kappa shape index (κ1) is 17.0. The molecule has 1 aliphatic rings. The summed E-state index contributed by atoms with van der Waals surface area (Å²) in [6, 6.07) is 0.696. The molecule has 0 unspecified atom stereocenters. The van der Waals surface area contributed by atoms with Crippen molar-refractivity contribution in [1.82, 2.24) is 20.0 Å². The van der Waals surface area contributed by atoms with E-state index in [1.807, 2.05) is 19.4 Å². The van der Waals surface area contributed by atoms with Crippen LogP contribution < -0.4 is 5.32 Å². The minimum absolute atomic E-state index is 0.0805. The zero-order chi connectivity index (χ0) is 16.1. The van der Waals surface area contributed by atoms with E-state index in [-0.39, 0.29) is 11.9 Å². The molecule has 1 atom stereocenters. The monoisotopic (exact) mass is 306 g/mol. The quantitative estimate of drug-likeness (QED) is 0.878. The minimum atomic E-state index is 0.0805. The molecule has 0 aliphatic carbocycles. The number of aryl methyl sites for hydroxylation is 1. The highest BCUT2D eigenvalue weighted by Gasteiger charge is 2.23. The molecule has 1 fully saturated rings. The summed E-state index contributed by atoms with van der Waals surface area (Å²) in [6.07, 6.45) is 7.64. The molecule has 124 valence electrons. The molecule has 5 nitrogen and oxygen atoms in total. The van der Waals surface area contributed by atoms with E-state index in [1.165, 1.54) is 0 Å². The van der Waals surface area contributed by atoms with E-state index >= 15 is 0 Å². The van der Waals surface area contributed by atoms with Crippen molar-refractivity contribution in [1.29, 1.82) is 0 Å². The lowest BCUT2D eigenvalue weighted by atomic mass is 9.92. The largest absolute Gasteiger partial charge is 0.349 e. The van der Waals surface area contributed by atoms with Gasteiger partial charge < -0.3 is 10.2 Å². The predicted octanol–water partition coefficient (Wildman–Crippen LogP) is 2.50. The van der Waals surface area contributed by atoms with Crippen LogP contribution in [0.1, 0.15) is 58.1 Å². The Bertz CT molecular complexity index is 475. The number of carbonyl (C=O) groups is 1. The number of nitrogens with zero attached hydrogens (tertiary/aromatic N) is 3. The van der Waals surface area contributed by atoms with Crippen molar-refractivity contribution in [2.75, 3.05) is 13.1 Å². The summed E-state index contributed by atoms with van der Waals surface area (Å²) in [5.74, 6) is 0.708. The summed E-state index contributed by atoms with van der Waals surface area (Å²) in [6.45, 7) is 8.82. The number of piperidine rings is 1. The third-order valence-electron chi connectivity index (χ3n) is 4.72. The van der Waals surface area contributed by atoms with Gasteiger partial charge in [-0.3, -0.25) is 9.48 Å². The molecule has 2 rings (SSSR count). The zero-order valence-electron chi connectivity index (χ0n) is 14.4. The fourth-order valence-electron chi connectivity index (χ4n) is 3.23. The minimum Gasteiger partial charge on any atom is -0.349 e. The van der Waals surface area contributed by atoms with E-state index in [0.717, 1.165) is 37.9 Å². The molecule has 0 aromatic carbocycles. The van der Waals surface area contributed by atoms with E-state index in [4.69, 9.17) is 0 Å². The third kappa shape index (κ3) is 4.57. The number of carbonyl (C=O) groups excluding carboxylic acids is 1. The van der Waals surface area contributed by atoms with Gasteiger partial charge in [0.2, 0.25) is 5.91 Å². The molecule has 0 spiro atoms. The van der Waals surface area contributed by atoms with Crippen LogP contribution in [0.5, 0.6) is 0 Å². The molecule has 5 heteroatoms. The van der Waals surface area contributed by atoms with Crippen molar-refractivity contribution in [3.63, 3.8) is 0 Å². The van der Waals surface area contributed by atoms with Crippen LogP contribution in [0.2, 0.25) is 0 Å². The Morgan fingerprint density at radius 2 is 2.09 bits per heavy atom. The molecule has 1 amide bonds. The highest BCUT2D eigenvalue weighted by Crippen LogP contribution is 2.23. The lowest BCUT2D eigenvalue weighted by Gasteiger charge is -2.34. The molecule has 1 aromatic rings. The predicted molar refractivity (Wildman–Crippen MR) is 88.4 cm³/mol. The van der Waals surface area contributed by atoms with Gasteiger partial charge in [0.1, 0.15) is 0 Å². The van der Waals surface area contributed by atoms with Gasteiger partial charge in [0.15, 0.2) is 0 Å². The molecule has 0 bridgehead atoms. The lowest BCUT2D eigenvalue weighted by molar-refractivity contribution is -0.123. The van der Waals surface area contributed by atoms with Gasteiger partial charge >= 0.3 is 0 Å². The maximum absolute atomic E-state index is 12.3. The van der Waals surface area contributed by atoms with Crippen LogP contribution in [0, 0.1) is 5.92 Å². The Morgan fingerprint density at radius 3 is 2.59 bits per heavy atom. The number of rotatable bonds is 6. The fraction of sp³-hybridized carbons (Fsp3) is 0.765. The molecule has 1 aliphatic heterocycles. The van der Waals surface area contributed by atoms with Crippen LogP contribution in [0.3, 0.4) is 0 Å². The standard InChI is InChI=1S/C17H30N4O/c1-5-16(15-11-18-20(4)12-15)19-17(22)10-14-6-8-21(9-7-14)13(2)3/h11-14,16H,5-10H2,1-4H3,(H,19,22)/t16-/m0/s1. The van der Waals surface area contributed by atoms with Crippen molar-refractivity contribution in [3.8, 4) is 0 Å². The second kappa shape index (κ2) is 7.77. The van der Waals surface area contributed by atoms with E-state index in [2.05, 4.69) is 36.1 Å². The van der Waals surface area contributed by atoms with Gasteiger partial charge in [-0.2, -0.15) is 5.10 Å². The molecule has 1 saturated heterocycles. The molecule has 1 N–H and O–H groups in total. The van der Waals surface area contributed by atoms with E-state index in [9.17, 15) is 4.79 Å². The third-order valence-corrected chi connectivity index (χ3v) is 4.72. The highest BCUT2D eigenvalue weighted by atomic mass is 16.1. The van der Waals surface area contributed by atoms with Crippen molar-refractivity contribution >= 4 is 5.91 Å². The first-order chi connectivity index (χ1) is 10.5. The van der Waals surface area contributed by atoms with Gasteiger partial charge in [-0.05, 0) is 52.1 Å². The Balaban J connectivity index is 1.80. The van der Waals surface area contributed by atoms with Crippen LogP contribution in [-0.2, 0) is 11.8 Å². The smallest absolute Gasteiger partial charge is 0.220 e. The van der Waals surface area contributed by atoms with Crippen molar-refractivity contribution in [2.24, 2.45) is 13.0 Å². The number of nitrogens with one attached hydrogen (secondary N) is 1. The van der Waals surface area contributed by atoms with Crippen LogP contribution in [0.25, 0.3) is 0 Å². The van der Waals surface area contributed by atoms with E-state index in [1.54, 1.807) is 4.68 Å². The first-order valence-electron chi connectivity index (χ1n) is 8.51. The summed E-state index contributed by atoms with van der Waals surface area (Å²) in [7, 11) is 1.90. The zero-order valence-corrected chi connectivity index (χ0v) is 14.4. The Kier molecular flexibility index (Phi) is 6.00. The van der Waals surface area contributed by atoms with Gasteiger partial charge in [0, 0.05) is 31.3 Å². The molecule has 1 aromatic heterocycles. The van der Waals surface area contributed by atoms with Gasteiger partial charge in [0.25, 0.3) is 0 Å². The van der Waals surface area contributed by atoms with Crippen LogP contribution in [-0.4, -0.2) is 39.7 Å². The Morgan fingerprint density at radius 1 is 1.41 bits per heavy atom. The summed E-state index contributed by atoms with van der Waals surface area (Å²) < 4.78 is 1.78. The summed E-state index contributed by atoms with van der Waals surface area (Å²) in [5.41, 5.74) is 1.09. The summed E-state index contributed by atoms with van der Waals surface area (Å²) in [4.78, 5) is 14.8. The maximum Gasteiger partial charge on any atom is 0.220 e. The average molecular weight is 306 g/mol. The summed E-state index contributed by atoms with van der Waals surface area (Å²) >= 11 is 0. The van der Waals surface area contributed by atoms with Gasteiger partial charge in [-0.15, -0.1) is 0 Å². The van der Waals surface area contributed by atoms with Crippen molar-refractivity contribution in [3.05, 3.63) is 18.0 Å². The van der Waals surface area contributed by atoms with E-state index < -0.39 is 0 Å². The number of hydrogen-bond acceptors (Lipinski definition) is 3. The van der Waals surface area contributed by atoms with Crippen LogP contribution >= 0.6 is 0 Å². The van der Waals surface area contributed by atoms with Gasteiger partial charge in [0.05, 0.1) is 12.2 Å². The number of amides is 1. The second-order valence-corrected chi connectivity index (χ2v) is 6.75. The van der Waals surface area contributed by atoms with Crippen molar-refractivity contribution < 1.29 is 4.79 Å². The molecular weight excluding hydrogens is 276 g/mol. The second-order valence-electron chi connectivity index (χ2n) is 6.75. The Hall–Kier alpha value is -1.36. The molecular formula is C17H30N4O. The Labute approximate surface area is 134 Å². The van der Waals surface area contributed by atoms with Crippen LogP contribution in [0.4, 0.5) is 0 Å². The SMILES string of the molecule is CC[C@H](NC(=O)CC1CCN(C(C)C)CC1)c1cnn(C)c1. The molecule has 0 saturated carbocycles. The highest BCUT2D eigenvalue weighted by molar-refractivity contribution is 5.76. The van der Waals surface area contributed by atoms with E-state index in [0.29, 0.717) is 18.4 Å². The number of aromatic nitrogens is 2. The molecule has 2 heterocycles. The number of likely N-dealkylation sites (tertiary alicyclic amines) is 1. The summed E-state index contributed by atoms with van der Waals surface area (Å²) in [5, 5.41) is 7.36. The van der Waals surface area contributed by atoms with Crippen molar-refractivity contribution in [2.45, 2.75) is 58.5 Å². The van der Waals surface area contributed by atoms with Crippen LogP contribution in [0.15, 0.2) is 12.4 Å². The first-order valence-corrected chi connectivity index (χ1v) is 8.51. The number of hydrogen-bond donors (Lipinski definition) is 1. The topological polar surface area (TPSA) is 50.2 Å². The molecule has 0 radical (unpaired) electrons. The average Bonchev–Trinajstić information content (AvgIpc) is 2.91. The normalized spacial score (nSPS) is 18.6. The maximum atomic E-state index is 12.3. The fourth-order valence-corrected chi connectivity index (χ4v) is 3.23. The van der Waals surface area contributed by atoms with Gasteiger partial charge in [-0.25, -0.2) is 0 Å². The molecule has 22 heavy (non-hydrogen) atoms. The van der Waals surface area contributed by atoms with Gasteiger partial charge in [-0.1, -0.05) is 6.92 Å². The lowest BCUT2D eigenvalue weighted by Crippen LogP contribution is -2.40.